The molecule has 6 nitrogen and oxygen atoms in total. The number of piperidine rings is 1. The van der Waals surface area contributed by atoms with Gasteiger partial charge in [-0.1, -0.05) is 6.07 Å². The smallest absolute Gasteiger partial charge is 0.433 e. The predicted octanol–water partition coefficient (Wildman–Crippen LogP) is 4.79. The van der Waals surface area contributed by atoms with Crippen molar-refractivity contribution in [3.63, 3.8) is 0 Å². The molecular weight excluding hydrogens is 459 g/mol. The molecule has 0 aliphatic carbocycles. The van der Waals surface area contributed by atoms with Crippen LogP contribution in [-0.4, -0.2) is 66.7 Å². The van der Waals surface area contributed by atoms with Crippen LogP contribution in [0.3, 0.4) is 0 Å². The zero-order valence-electron chi connectivity index (χ0n) is 20.4. The summed E-state index contributed by atoms with van der Waals surface area (Å²) in [7, 11) is 1.65. The number of nitrogens with zero attached hydrogens (tertiary/aromatic N) is 3. The summed E-state index contributed by atoms with van der Waals surface area (Å²) in [5.41, 5.74) is 2.84. The van der Waals surface area contributed by atoms with Crippen molar-refractivity contribution in [3.8, 4) is 5.75 Å². The van der Waals surface area contributed by atoms with E-state index in [-0.39, 0.29) is 23.6 Å². The molecule has 2 aromatic rings. The Morgan fingerprint density at radius 1 is 1.09 bits per heavy atom. The molecule has 35 heavy (non-hydrogen) atoms. The number of alkyl halides is 3. The Kier molecular flexibility index (Phi) is 7.66. The molecule has 0 N–H and O–H groups in total. The van der Waals surface area contributed by atoms with Gasteiger partial charge in [-0.2, -0.15) is 13.2 Å². The number of amides is 1. The van der Waals surface area contributed by atoms with E-state index in [9.17, 15) is 18.0 Å². The number of hydrogen-bond acceptors (Lipinski definition) is 5. The van der Waals surface area contributed by atoms with Gasteiger partial charge in [0.1, 0.15) is 18.1 Å². The first-order chi connectivity index (χ1) is 16.7. The Labute approximate surface area is 204 Å². The number of halogens is 3. The Morgan fingerprint density at radius 3 is 2.57 bits per heavy atom. The minimum atomic E-state index is -4.52. The zero-order valence-corrected chi connectivity index (χ0v) is 20.4. The van der Waals surface area contributed by atoms with Crippen LogP contribution in [-0.2, 0) is 10.9 Å². The van der Waals surface area contributed by atoms with Crippen LogP contribution in [0, 0.1) is 13.8 Å². The molecule has 2 aliphatic rings. The van der Waals surface area contributed by atoms with Gasteiger partial charge in [0, 0.05) is 45.0 Å². The predicted molar refractivity (Wildman–Crippen MR) is 126 cm³/mol. The highest BCUT2D eigenvalue weighted by Crippen LogP contribution is 2.39. The van der Waals surface area contributed by atoms with Gasteiger partial charge >= 0.3 is 6.18 Å². The molecule has 2 fully saturated rings. The second kappa shape index (κ2) is 10.5. The first-order valence-electron chi connectivity index (χ1n) is 12.0. The summed E-state index contributed by atoms with van der Waals surface area (Å²) < 4.78 is 49.4. The van der Waals surface area contributed by atoms with Crippen LogP contribution in [0.4, 0.5) is 13.2 Å². The third kappa shape index (κ3) is 5.46. The second-order valence-corrected chi connectivity index (χ2v) is 9.26. The summed E-state index contributed by atoms with van der Waals surface area (Å²) in [6.07, 6.45) is -0.391. The van der Waals surface area contributed by atoms with Crippen LogP contribution in [0.25, 0.3) is 0 Å². The molecule has 1 unspecified atom stereocenters. The summed E-state index contributed by atoms with van der Waals surface area (Å²) in [6.45, 7) is 7.07. The summed E-state index contributed by atoms with van der Waals surface area (Å²) in [5.74, 6) is 0.605. The van der Waals surface area contributed by atoms with Crippen LogP contribution in [0.1, 0.15) is 58.0 Å². The van der Waals surface area contributed by atoms with E-state index in [0.717, 1.165) is 49.4 Å². The number of hydrogen-bond donors (Lipinski definition) is 0. The van der Waals surface area contributed by atoms with Crippen molar-refractivity contribution in [2.24, 2.45) is 0 Å². The molecule has 1 aromatic heterocycles. The number of carbonyl (C=O) groups is 1. The summed E-state index contributed by atoms with van der Waals surface area (Å²) in [4.78, 5) is 20.7. The van der Waals surface area contributed by atoms with Crippen LogP contribution < -0.4 is 4.74 Å². The summed E-state index contributed by atoms with van der Waals surface area (Å²) in [6, 6.07) is 6.76. The van der Waals surface area contributed by atoms with Crippen molar-refractivity contribution in [1.82, 2.24) is 14.8 Å². The number of piperazine rings is 1. The Hall–Kier alpha value is -2.65. The highest BCUT2D eigenvalue weighted by atomic mass is 19.4. The molecule has 0 bridgehead atoms. The lowest BCUT2D eigenvalue weighted by Gasteiger charge is -2.48. The molecule has 0 radical (unpaired) electrons. The average molecular weight is 492 g/mol. The number of carbonyl (C=O) groups excluding carboxylic acids is 1. The number of pyridine rings is 1. The van der Waals surface area contributed by atoms with Gasteiger partial charge in [-0.3, -0.25) is 14.7 Å². The van der Waals surface area contributed by atoms with Crippen molar-refractivity contribution in [2.45, 2.75) is 51.4 Å². The van der Waals surface area contributed by atoms with E-state index in [1.165, 1.54) is 17.2 Å². The van der Waals surface area contributed by atoms with Crippen LogP contribution >= 0.6 is 0 Å². The van der Waals surface area contributed by atoms with Crippen molar-refractivity contribution < 1.29 is 27.4 Å². The lowest BCUT2D eigenvalue weighted by atomic mass is 9.86. The van der Waals surface area contributed by atoms with Gasteiger partial charge < -0.3 is 14.4 Å². The monoisotopic (exact) mass is 491 g/mol. The maximum absolute atomic E-state index is 13.0. The minimum Gasteiger partial charge on any atom is -0.491 e. The average Bonchev–Trinajstić information content (AvgIpc) is 2.85. The van der Waals surface area contributed by atoms with Gasteiger partial charge in [-0.25, -0.2) is 0 Å². The standard InChI is InChI=1S/C26H32F3N3O3/c1-17-18(2)23(35-14-13-34-3)9-8-21(17)22-6-4-5-20-16-31(11-12-32(20)22)25(33)19-7-10-24(30-15-19)26(27,28)29/h7-10,15,20,22H,4-6,11-14,16H2,1-3H3/t20?,22-/m1/s1. The molecule has 1 amide bonds. The van der Waals surface area contributed by atoms with Crippen LogP contribution in [0.15, 0.2) is 30.5 Å². The molecule has 1 aromatic carbocycles. The lowest BCUT2D eigenvalue weighted by molar-refractivity contribution is -0.141. The van der Waals surface area contributed by atoms with Gasteiger partial charge in [-0.05, 0) is 68.0 Å². The topological polar surface area (TPSA) is 54.9 Å². The van der Waals surface area contributed by atoms with Gasteiger partial charge in [0.2, 0.25) is 0 Å². The molecule has 3 heterocycles. The first-order valence-corrected chi connectivity index (χ1v) is 12.0. The van der Waals surface area contributed by atoms with Crippen molar-refractivity contribution in [1.29, 1.82) is 0 Å². The number of fused-ring (bicyclic) bond motifs is 1. The Bertz CT molecular complexity index is 1040. The number of benzene rings is 1. The lowest BCUT2D eigenvalue weighted by Crippen LogP contribution is -2.57. The molecule has 2 saturated heterocycles. The van der Waals surface area contributed by atoms with E-state index >= 15 is 0 Å². The third-order valence-electron chi connectivity index (χ3n) is 7.21. The number of aromatic nitrogens is 1. The van der Waals surface area contributed by atoms with E-state index in [1.807, 2.05) is 6.07 Å². The number of rotatable bonds is 6. The van der Waals surface area contributed by atoms with Gasteiger partial charge in [-0.15, -0.1) is 0 Å². The van der Waals surface area contributed by atoms with Crippen molar-refractivity contribution >= 4 is 5.91 Å². The fourth-order valence-corrected chi connectivity index (χ4v) is 5.21. The molecule has 0 spiro atoms. The minimum absolute atomic E-state index is 0.189. The van der Waals surface area contributed by atoms with E-state index in [2.05, 4.69) is 29.8 Å². The summed E-state index contributed by atoms with van der Waals surface area (Å²) in [5, 5.41) is 0. The van der Waals surface area contributed by atoms with Crippen LogP contribution in [0.5, 0.6) is 5.75 Å². The highest BCUT2D eigenvalue weighted by Gasteiger charge is 2.38. The van der Waals surface area contributed by atoms with Gasteiger partial charge in [0.25, 0.3) is 5.91 Å². The van der Waals surface area contributed by atoms with Gasteiger partial charge in [0.05, 0.1) is 12.2 Å². The maximum atomic E-state index is 13.0. The molecule has 2 aliphatic heterocycles. The molecular formula is C26H32F3N3O3. The van der Waals surface area contributed by atoms with Gasteiger partial charge in [0.15, 0.2) is 0 Å². The van der Waals surface area contributed by atoms with E-state index in [1.54, 1.807) is 12.0 Å². The Morgan fingerprint density at radius 2 is 1.89 bits per heavy atom. The van der Waals surface area contributed by atoms with E-state index in [0.29, 0.717) is 26.3 Å². The molecule has 9 heteroatoms. The Balaban J connectivity index is 1.45. The largest absolute Gasteiger partial charge is 0.491 e. The van der Waals surface area contributed by atoms with Crippen molar-refractivity contribution in [3.05, 3.63) is 58.4 Å². The summed E-state index contributed by atoms with van der Waals surface area (Å²) >= 11 is 0. The SMILES string of the molecule is COCCOc1ccc([C@H]2CCCC3CN(C(=O)c4ccc(C(F)(F)F)nc4)CCN32)c(C)c1C. The fourth-order valence-electron chi connectivity index (χ4n) is 5.21. The zero-order chi connectivity index (χ0) is 25.2. The molecule has 0 saturated carbocycles. The van der Waals surface area contributed by atoms with Crippen LogP contribution in [0.2, 0.25) is 0 Å². The molecule has 4 rings (SSSR count). The van der Waals surface area contributed by atoms with E-state index < -0.39 is 11.9 Å². The molecule has 190 valence electrons. The maximum Gasteiger partial charge on any atom is 0.433 e. The third-order valence-corrected chi connectivity index (χ3v) is 7.21. The quantitative estimate of drug-likeness (QED) is 0.544. The van der Waals surface area contributed by atoms with Crippen molar-refractivity contribution in [2.75, 3.05) is 40.0 Å². The first kappa shape index (κ1) is 25.4. The fraction of sp³-hybridized carbons (Fsp3) is 0.538. The second-order valence-electron chi connectivity index (χ2n) is 9.26. The number of methoxy groups -OCH3 is 1. The highest BCUT2D eigenvalue weighted by molar-refractivity contribution is 5.94. The normalized spacial score (nSPS) is 21.0. The molecule has 2 atom stereocenters. The number of ether oxygens (including phenoxy) is 2. The van der Waals surface area contributed by atoms with E-state index in [4.69, 9.17) is 9.47 Å².